The first kappa shape index (κ1) is 33.6. The van der Waals surface area contributed by atoms with Gasteiger partial charge in [0, 0.05) is 37.1 Å². The van der Waals surface area contributed by atoms with Crippen molar-refractivity contribution in [3.8, 4) is 0 Å². The largest absolute Gasteiger partial charge is 0.416 e. The van der Waals surface area contributed by atoms with E-state index in [4.69, 9.17) is 0 Å². The molecule has 2 heterocycles. The molecule has 0 aromatic heterocycles. The highest BCUT2D eigenvalue weighted by Gasteiger charge is 2.33. The minimum Gasteiger partial charge on any atom is -0.349 e. The van der Waals surface area contributed by atoms with Gasteiger partial charge in [-0.1, -0.05) is 19.1 Å². The number of nitrogens with zero attached hydrogens (tertiary/aromatic N) is 2. The average Bonchev–Trinajstić information content (AvgIpc) is 3.55. The molecule has 13 heteroatoms. The van der Waals surface area contributed by atoms with Gasteiger partial charge in [-0.3, -0.25) is 9.59 Å². The third-order valence-electron chi connectivity index (χ3n) is 7.95. The van der Waals surface area contributed by atoms with Gasteiger partial charge in [0.05, 0.1) is 29.4 Å². The van der Waals surface area contributed by atoms with Crippen LogP contribution in [-0.4, -0.2) is 85.3 Å². The van der Waals surface area contributed by atoms with E-state index >= 15 is 0 Å². The second-order valence-corrected chi connectivity index (χ2v) is 12.0. The van der Waals surface area contributed by atoms with Crippen LogP contribution in [0, 0.1) is 0 Å². The minimum atomic E-state index is -4.69. The van der Waals surface area contributed by atoms with Crippen LogP contribution in [0.25, 0.3) is 0 Å². The van der Waals surface area contributed by atoms with Gasteiger partial charge in [0.2, 0.25) is 5.91 Å². The molecule has 9 nitrogen and oxygen atoms in total. The number of urea groups is 1. The van der Waals surface area contributed by atoms with Crippen molar-refractivity contribution >= 4 is 35.3 Å². The average molecular weight is 635 g/mol. The number of alkyl halides is 3. The van der Waals surface area contributed by atoms with E-state index in [-0.39, 0.29) is 23.3 Å². The predicted molar refractivity (Wildman–Crippen MR) is 166 cm³/mol. The zero-order valence-electron chi connectivity index (χ0n) is 25.1. The molecule has 2 aliphatic heterocycles. The molecule has 0 aliphatic carbocycles. The Morgan fingerprint density at radius 1 is 1.00 bits per heavy atom. The van der Waals surface area contributed by atoms with Crippen molar-refractivity contribution in [2.45, 2.75) is 62.3 Å². The third-order valence-corrected chi connectivity index (χ3v) is 8.69. The highest BCUT2D eigenvalue weighted by atomic mass is 32.2. The van der Waals surface area contributed by atoms with Crippen LogP contribution in [0.4, 0.5) is 23.7 Å². The number of hydrogen-bond acceptors (Lipinski definition) is 6. The van der Waals surface area contributed by atoms with E-state index in [0.717, 1.165) is 56.5 Å². The van der Waals surface area contributed by atoms with Gasteiger partial charge in [-0.05, 0) is 80.9 Å². The van der Waals surface area contributed by atoms with Gasteiger partial charge in [-0.25, -0.2) is 4.79 Å². The Balaban J connectivity index is 1.40. The van der Waals surface area contributed by atoms with E-state index in [1.807, 2.05) is 6.26 Å². The molecular weight excluding hydrogens is 593 g/mol. The summed E-state index contributed by atoms with van der Waals surface area (Å²) in [6, 6.07) is 10.2. The number of thioether (sulfide) groups is 1. The summed E-state index contributed by atoms with van der Waals surface area (Å²) in [4.78, 5) is 43.8. The SMILES string of the molecule is CCCN1CC[C@@H](NCc2ccc(SC)cc2)[C@@H](NC(=O)CNC(=O)c2cc(C(F)(F)F)ccc2NC(=O)N2CCCC2)C1. The monoisotopic (exact) mass is 634 g/mol. The first-order valence-electron chi connectivity index (χ1n) is 15.0. The fourth-order valence-electron chi connectivity index (χ4n) is 5.57. The Hall–Kier alpha value is -3.29. The summed E-state index contributed by atoms with van der Waals surface area (Å²) < 4.78 is 40.4. The maximum absolute atomic E-state index is 13.5. The molecule has 2 aromatic carbocycles. The molecule has 2 aromatic rings. The fraction of sp³-hybridized carbons (Fsp3) is 0.516. The molecule has 2 aliphatic rings. The number of benzene rings is 2. The number of piperidine rings is 1. The first-order valence-corrected chi connectivity index (χ1v) is 16.2. The number of halogens is 3. The molecule has 240 valence electrons. The standard InChI is InChI=1S/C31H41F3N6O3S/c1-3-13-39-16-12-26(35-18-21-6-9-23(44-2)10-7-21)27(20-39)37-28(41)19-36-29(42)24-17-22(31(32,33)34)8-11-25(24)38-30(43)40-14-4-5-15-40/h6-11,17,26-27,35H,3-5,12-16,18-20H2,1-2H3,(H,36,42)(H,37,41)(H,38,43)/t26-,27+/m1/s1. The molecule has 2 fully saturated rings. The summed E-state index contributed by atoms with van der Waals surface area (Å²) in [6.07, 6.45) is 0.811. The lowest BCUT2D eigenvalue weighted by Crippen LogP contribution is -2.60. The molecule has 0 bridgehead atoms. The van der Waals surface area contributed by atoms with Crippen molar-refractivity contribution in [1.29, 1.82) is 0 Å². The van der Waals surface area contributed by atoms with Gasteiger partial charge in [0.25, 0.3) is 5.91 Å². The highest BCUT2D eigenvalue weighted by Crippen LogP contribution is 2.32. The van der Waals surface area contributed by atoms with Crippen molar-refractivity contribution in [2.75, 3.05) is 50.8 Å². The molecule has 4 amide bonds. The zero-order chi connectivity index (χ0) is 31.7. The van der Waals surface area contributed by atoms with Crippen molar-refractivity contribution in [3.63, 3.8) is 0 Å². The number of carbonyl (C=O) groups excluding carboxylic acids is 3. The lowest BCUT2D eigenvalue weighted by Gasteiger charge is -2.39. The normalized spacial score (nSPS) is 19.1. The maximum Gasteiger partial charge on any atom is 0.416 e. The molecule has 4 N–H and O–H groups in total. The first-order chi connectivity index (χ1) is 21.1. The number of hydrogen-bond donors (Lipinski definition) is 4. The number of amides is 4. The topological polar surface area (TPSA) is 106 Å². The second-order valence-electron chi connectivity index (χ2n) is 11.2. The Kier molecular flexibility index (Phi) is 11.9. The fourth-order valence-corrected chi connectivity index (χ4v) is 5.98. The minimum absolute atomic E-state index is 0.00106. The van der Waals surface area contributed by atoms with Crippen molar-refractivity contribution < 1.29 is 27.6 Å². The van der Waals surface area contributed by atoms with Crippen LogP contribution < -0.4 is 21.3 Å². The molecule has 0 spiro atoms. The molecule has 44 heavy (non-hydrogen) atoms. The van der Waals surface area contributed by atoms with Gasteiger partial charge < -0.3 is 31.1 Å². The summed E-state index contributed by atoms with van der Waals surface area (Å²) in [5.41, 5.74) is -0.310. The predicted octanol–water partition coefficient (Wildman–Crippen LogP) is 4.54. The lowest BCUT2D eigenvalue weighted by molar-refractivity contribution is -0.137. The zero-order valence-corrected chi connectivity index (χ0v) is 26.0. The summed E-state index contributed by atoms with van der Waals surface area (Å²) in [5, 5.41) is 11.6. The van der Waals surface area contributed by atoms with E-state index in [1.165, 1.54) is 4.90 Å². The molecule has 0 saturated carbocycles. The van der Waals surface area contributed by atoms with E-state index < -0.39 is 36.1 Å². The second kappa shape index (κ2) is 15.6. The number of likely N-dealkylation sites (tertiary alicyclic amines) is 2. The number of rotatable bonds is 11. The lowest BCUT2D eigenvalue weighted by atomic mass is 9.98. The van der Waals surface area contributed by atoms with Crippen LogP contribution in [-0.2, 0) is 17.5 Å². The summed E-state index contributed by atoms with van der Waals surface area (Å²) in [5.74, 6) is -1.34. The highest BCUT2D eigenvalue weighted by molar-refractivity contribution is 7.98. The quantitative estimate of drug-likeness (QED) is 0.271. The number of nitrogens with one attached hydrogen (secondary N) is 4. The van der Waals surface area contributed by atoms with E-state index in [9.17, 15) is 27.6 Å². The van der Waals surface area contributed by atoms with Crippen LogP contribution in [0.5, 0.6) is 0 Å². The number of carbonyl (C=O) groups is 3. The molecular formula is C31H41F3N6O3S. The van der Waals surface area contributed by atoms with E-state index in [0.29, 0.717) is 32.2 Å². The van der Waals surface area contributed by atoms with Crippen LogP contribution in [0.3, 0.4) is 0 Å². The van der Waals surface area contributed by atoms with Gasteiger partial charge in [-0.2, -0.15) is 13.2 Å². The Bertz CT molecular complexity index is 1290. The molecule has 2 saturated heterocycles. The van der Waals surface area contributed by atoms with Gasteiger partial charge in [-0.15, -0.1) is 11.8 Å². The van der Waals surface area contributed by atoms with Crippen molar-refractivity contribution in [3.05, 3.63) is 59.2 Å². The smallest absolute Gasteiger partial charge is 0.349 e. The third kappa shape index (κ3) is 9.35. The summed E-state index contributed by atoms with van der Waals surface area (Å²) >= 11 is 1.68. The summed E-state index contributed by atoms with van der Waals surface area (Å²) in [6.45, 7) is 5.79. The Morgan fingerprint density at radius 2 is 1.73 bits per heavy atom. The number of anilines is 1. The summed E-state index contributed by atoms with van der Waals surface area (Å²) in [7, 11) is 0. The van der Waals surface area contributed by atoms with Gasteiger partial charge in [0.15, 0.2) is 0 Å². The van der Waals surface area contributed by atoms with Gasteiger partial charge >= 0.3 is 12.2 Å². The molecule has 0 radical (unpaired) electrons. The van der Waals surface area contributed by atoms with E-state index in [2.05, 4.69) is 57.4 Å². The molecule has 2 atom stereocenters. The Morgan fingerprint density at radius 3 is 2.39 bits per heavy atom. The van der Waals surface area contributed by atoms with E-state index in [1.54, 1.807) is 16.7 Å². The maximum atomic E-state index is 13.5. The molecule has 4 rings (SSSR count). The van der Waals surface area contributed by atoms with Crippen LogP contribution in [0.2, 0.25) is 0 Å². The van der Waals surface area contributed by atoms with Gasteiger partial charge in [0.1, 0.15) is 0 Å². The van der Waals surface area contributed by atoms with Crippen molar-refractivity contribution in [2.24, 2.45) is 0 Å². The van der Waals surface area contributed by atoms with Crippen LogP contribution in [0.1, 0.15) is 54.1 Å². The van der Waals surface area contributed by atoms with Crippen LogP contribution >= 0.6 is 11.8 Å². The van der Waals surface area contributed by atoms with Crippen LogP contribution in [0.15, 0.2) is 47.4 Å². The van der Waals surface area contributed by atoms with Crippen molar-refractivity contribution in [1.82, 2.24) is 25.8 Å². The molecule has 0 unspecified atom stereocenters. The Labute approximate surface area is 260 Å².